The fourth-order valence-electron chi connectivity index (χ4n) is 3.46. The lowest BCUT2D eigenvalue weighted by Crippen LogP contribution is -2.29. The van der Waals surface area contributed by atoms with E-state index in [4.69, 9.17) is 4.74 Å². The van der Waals surface area contributed by atoms with Crippen molar-refractivity contribution in [3.05, 3.63) is 75.8 Å². The number of ether oxygens (including phenoxy) is 1. The number of benzene rings is 2. The highest BCUT2D eigenvalue weighted by atomic mass is 19.1. The molecule has 1 aliphatic heterocycles. The normalized spacial score (nSPS) is 14.6. The maximum Gasteiger partial charge on any atom is 0.288 e. The van der Waals surface area contributed by atoms with E-state index in [9.17, 15) is 9.18 Å². The van der Waals surface area contributed by atoms with Crippen LogP contribution in [0.5, 0.6) is 5.75 Å². The van der Waals surface area contributed by atoms with E-state index in [1.54, 1.807) is 36.1 Å². The summed E-state index contributed by atoms with van der Waals surface area (Å²) >= 11 is 0. The average molecular weight is 391 g/mol. The van der Waals surface area contributed by atoms with Crippen LogP contribution in [-0.2, 0) is 0 Å². The van der Waals surface area contributed by atoms with Crippen molar-refractivity contribution in [3.8, 4) is 17.0 Å². The third-order valence-corrected chi connectivity index (χ3v) is 4.82. The second-order valence-electron chi connectivity index (χ2n) is 6.44. The number of nitrogens with zero attached hydrogens (tertiary/aromatic N) is 5. The van der Waals surface area contributed by atoms with E-state index in [2.05, 4.69) is 31.0 Å². The van der Waals surface area contributed by atoms with Crippen molar-refractivity contribution in [3.63, 3.8) is 0 Å². The number of methoxy groups -OCH3 is 1. The number of rotatable bonds is 3. The highest BCUT2D eigenvalue weighted by molar-refractivity contribution is 5.75. The van der Waals surface area contributed by atoms with Gasteiger partial charge in [-0.05, 0) is 52.4 Å². The lowest BCUT2D eigenvalue weighted by molar-refractivity contribution is 0.415. The predicted octanol–water partition coefficient (Wildman–Crippen LogP) is 2.27. The number of hydrogen-bond donors (Lipinski definition) is 2. The first-order valence-corrected chi connectivity index (χ1v) is 8.73. The quantitative estimate of drug-likeness (QED) is 0.485. The van der Waals surface area contributed by atoms with Crippen LogP contribution in [0.2, 0.25) is 0 Å². The van der Waals surface area contributed by atoms with Crippen LogP contribution in [0.4, 0.5) is 16.0 Å². The second-order valence-corrected chi connectivity index (χ2v) is 6.44. The molecule has 10 heteroatoms. The Kier molecular flexibility index (Phi) is 3.83. The van der Waals surface area contributed by atoms with Gasteiger partial charge in [0.1, 0.15) is 23.3 Å². The number of fused-ring (bicyclic) bond motifs is 2. The highest BCUT2D eigenvalue weighted by Gasteiger charge is 2.34. The minimum atomic E-state index is -0.566. The molecule has 0 unspecified atom stereocenters. The molecule has 4 aromatic rings. The fraction of sp³-hybridized carbons (Fsp3) is 0.105. The van der Waals surface area contributed by atoms with Crippen molar-refractivity contribution in [2.24, 2.45) is 0 Å². The number of aromatic nitrogens is 6. The molecule has 144 valence electrons. The Morgan fingerprint density at radius 3 is 2.59 bits per heavy atom. The van der Waals surface area contributed by atoms with Crippen molar-refractivity contribution in [1.82, 2.24) is 30.4 Å². The van der Waals surface area contributed by atoms with Gasteiger partial charge in [0.2, 0.25) is 5.95 Å². The molecule has 29 heavy (non-hydrogen) atoms. The summed E-state index contributed by atoms with van der Waals surface area (Å²) in [5, 5.41) is 21.5. The molecule has 2 aromatic carbocycles. The molecular weight excluding hydrogens is 377 g/mol. The Labute approximate surface area is 163 Å². The monoisotopic (exact) mass is 391 g/mol. The van der Waals surface area contributed by atoms with Crippen molar-refractivity contribution in [2.75, 3.05) is 12.4 Å². The van der Waals surface area contributed by atoms with E-state index >= 15 is 0 Å². The summed E-state index contributed by atoms with van der Waals surface area (Å²) in [6.07, 6.45) is 0. The molecule has 0 bridgehead atoms. The first-order valence-electron chi connectivity index (χ1n) is 8.73. The summed E-state index contributed by atoms with van der Waals surface area (Å²) in [5.41, 5.74) is 2.50. The van der Waals surface area contributed by atoms with Crippen LogP contribution in [0.15, 0.2) is 53.3 Å². The largest absolute Gasteiger partial charge is 0.497 e. The molecule has 1 aliphatic rings. The second kappa shape index (κ2) is 6.51. The van der Waals surface area contributed by atoms with Gasteiger partial charge in [0.25, 0.3) is 5.56 Å². The molecule has 0 saturated heterocycles. The van der Waals surface area contributed by atoms with Crippen LogP contribution in [0.25, 0.3) is 11.3 Å². The zero-order chi connectivity index (χ0) is 20.0. The Morgan fingerprint density at radius 2 is 1.86 bits per heavy atom. The summed E-state index contributed by atoms with van der Waals surface area (Å²) in [6.45, 7) is 0. The summed E-state index contributed by atoms with van der Waals surface area (Å²) in [6, 6.07) is 12.7. The molecular formula is C19H14FN7O2. The molecule has 0 saturated carbocycles. The molecule has 0 amide bonds. The third-order valence-electron chi connectivity index (χ3n) is 4.82. The third kappa shape index (κ3) is 2.73. The first kappa shape index (κ1) is 17.0. The number of H-pyrrole nitrogens is 1. The highest BCUT2D eigenvalue weighted by Crippen LogP contribution is 2.41. The van der Waals surface area contributed by atoms with Gasteiger partial charge in [-0.25, -0.2) is 9.49 Å². The number of halogens is 1. The van der Waals surface area contributed by atoms with E-state index in [-0.39, 0.29) is 5.82 Å². The molecule has 5 rings (SSSR count). The lowest BCUT2D eigenvalue weighted by atomic mass is 9.92. The topological polar surface area (TPSA) is 111 Å². The van der Waals surface area contributed by atoms with Crippen molar-refractivity contribution in [1.29, 1.82) is 0 Å². The van der Waals surface area contributed by atoms with E-state index in [1.807, 2.05) is 12.1 Å². The van der Waals surface area contributed by atoms with Gasteiger partial charge in [0.15, 0.2) is 0 Å². The van der Waals surface area contributed by atoms with Gasteiger partial charge in [0, 0.05) is 11.1 Å². The maximum atomic E-state index is 13.5. The van der Waals surface area contributed by atoms with E-state index < -0.39 is 11.6 Å². The predicted molar refractivity (Wildman–Crippen MR) is 102 cm³/mol. The Hall–Kier alpha value is -4.08. The molecule has 2 N–H and O–H groups in total. The SMILES string of the molecule is COc1ccc(-c2n[nH]c(=O)c3c2[C@@H](c2ccc(F)cc2)n2nnnc2N3)cc1. The average Bonchev–Trinajstić information content (AvgIpc) is 3.22. The van der Waals surface area contributed by atoms with Gasteiger partial charge in [-0.15, -0.1) is 0 Å². The van der Waals surface area contributed by atoms with Crippen LogP contribution in [-0.4, -0.2) is 37.5 Å². The van der Waals surface area contributed by atoms with E-state index in [1.165, 1.54) is 12.1 Å². The van der Waals surface area contributed by atoms with Crippen LogP contribution >= 0.6 is 0 Å². The molecule has 3 heterocycles. The van der Waals surface area contributed by atoms with Crippen LogP contribution in [0.1, 0.15) is 17.2 Å². The van der Waals surface area contributed by atoms with Gasteiger partial charge in [0.05, 0.1) is 12.8 Å². The summed E-state index contributed by atoms with van der Waals surface area (Å²) < 4.78 is 20.3. The van der Waals surface area contributed by atoms with Gasteiger partial charge in [-0.1, -0.05) is 17.2 Å². The fourth-order valence-corrected chi connectivity index (χ4v) is 3.46. The molecule has 0 aliphatic carbocycles. The van der Waals surface area contributed by atoms with Gasteiger partial charge in [-0.2, -0.15) is 9.78 Å². The molecule has 0 fully saturated rings. The molecule has 0 spiro atoms. The number of anilines is 2. The zero-order valence-electron chi connectivity index (χ0n) is 15.1. The van der Waals surface area contributed by atoms with Crippen molar-refractivity contribution < 1.29 is 9.13 Å². The Balaban J connectivity index is 1.78. The number of tetrazole rings is 1. The van der Waals surface area contributed by atoms with Crippen LogP contribution in [0, 0.1) is 5.82 Å². The van der Waals surface area contributed by atoms with Gasteiger partial charge < -0.3 is 10.1 Å². The summed E-state index contributed by atoms with van der Waals surface area (Å²) in [5.74, 6) is 0.645. The lowest BCUT2D eigenvalue weighted by Gasteiger charge is -2.27. The summed E-state index contributed by atoms with van der Waals surface area (Å²) in [4.78, 5) is 12.6. The Bertz CT molecular complexity index is 1250. The first-order chi connectivity index (χ1) is 14.2. The number of nitrogens with one attached hydrogen (secondary N) is 2. The molecule has 9 nitrogen and oxygen atoms in total. The maximum absolute atomic E-state index is 13.5. The molecule has 2 aromatic heterocycles. The van der Waals surface area contributed by atoms with Gasteiger partial charge >= 0.3 is 0 Å². The Morgan fingerprint density at radius 1 is 1.10 bits per heavy atom. The number of aromatic amines is 1. The minimum Gasteiger partial charge on any atom is -0.497 e. The van der Waals surface area contributed by atoms with Gasteiger partial charge in [-0.3, -0.25) is 4.79 Å². The minimum absolute atomic E-state index is 0.294. The molecule has 1 atom stereocenters. The van der Waals surface area contributed by atoms with Crippen molar-refractivity contribution in [2.45, 2.75) is 6.04 Å². The standard InChI is InChI=1S/C19H14FN7O2/c1-29-13-8-4-10(5-9-13)15-14-16(18(28)23-22-15)21-19-24-25-26-27(19)17(14)11-2-6-12(20)7-3-11/h2-9,17H,1H3,(H,23,28)(H,21,24,26)/t17-/m1/s1. The summed E-state index contributed by atoms with van der Waals surface area (Å²) in [7, 11) is 1.59. The van der Waals surface area contributed by atoms with E-state index in [0.29, 0.717) is 34.2 Å². The number of hydrogen-bond acceptors (Lipinski definition) is 7. The van der Waals surface area contributed by atoms with Crippen molar-refractivity contribution >= 4 is 11.6 Å². The van der Waals surface area contributed by atoms with Crippen LogP contribution in [0.3, 0.4) is 0 Å². The zero-order valence-corrected chi connectivity index (χ0v) is 15.1. The molecule has 0 radical (unpaired) electrons. The smallest absolute Gasteiger partial charge is 0.288 e. The van der Waals surface area contributed by atoms with E-state index in [0.717, 1.165) is 5.56 Å². The van der Waals surface area contributed by atoms with Crippen LogP contribution < -0.4 is 15.6 Å².